The fourth-order valence-electron chi connectivity index (χ4n) is 4.27. The van der Waals surface area contributed by atoms with Gasteiger partial charge in [0.15, 0.2) is 9.84 Å². The highest BCUT2D eigenvalue weighted by atomic mass is 32.2. The Morgan fingerprint density at radius 3 is 2.54 bits per heavy atom. The molecular weight excluding hydrogens is 511 g/mol. The normalized spacial score (nSPS) is 16.8. The van der Waals surface area contributed by atoms with Gasteiger partial charge in [-0.1, -0.05) is 12.1 Å². The minimum absolute atomic E-state index is 0.148. The molecular formula is C24H22F3N5O4S. The van der Waals surface area contributed by atoms with Gasteiger partial charge in [0, 0.05) is 25.2 Å². The number of nitrogens with zero attached hydrogens (tertiary/aromatic N) is 5. The van der Waals surface area contributed by atoms with E-state index in [1.807, 2.05) is 16.8 Å². The number of hydrogen-bond acceptors (Lipinski definition) is 8. The van der Waals surface area contributed by atoms with Crippen LogP contribution >= 0.6 is 0 Å². The minimum atomic E-state index is -4.76. The number of alkyl halides is 3. The zero-order chi connectivity index (χ0) is 26.2. The summed E-state index contributed by atoms with van der Waals surface area (Å²) in [5.74, 6) is 0.382. The average molecular weight is 534 g/mol. The van der Waals surface area contributed by atoms with Crippen LogP contribution in [0.5, 0.6) is 5.75 Å². The van der Waals surface area contributed by atoms with Gasteiger partial charge in [0.25, 0.3) is 0 Å². The summed E-state index contributed by atoms with van der Waals surface area (Å²) in [6.07, 6.45) is 1.02. The molecule has 1 fully saturated rings. The first-order valence-electron chi connectivity index (χ1n) is 11.2. The lowest BCUT2D eigenvalue weighted by Gasteiger charge is -2.37. The number of anilines is 1. The van der Waals surface area contributed by atoms with Crippen molar-refractivity contribution >= 4 is 26.7 Å². The highest BCUT2D eigenvalue weighted by Crippen LogP contribution is 2.34. The second-order valence-electron chi connectivity index (χ2n) is 8.54. The molecule has 0 aliphatic carbocycles. The predicted octanol–water partition coefficient (Wildman–Crippen LogP) is 3.75. The molecule has 0 saturated carbocycles. The van der Waals surface area contributed by atoms with Crippen LogP contribution in [-0.2, 0) is 21.1 Å². The monoisotopic (exact) mass is 533 g/mol. The maximum atomic E-state index is 12.5. The molecule has 0 N–H and O–H groups in total. The zero-order valence-electron chi connectivity index (χ0n) is 19.6. The lowest BCUT2D eigenvalue weighted by molar-refractivity contribution is -0.274. The summed E-state index contributed by atoms with van der Waals surface area (Å²) in [5, 5.41) is 0.791. The minimum Gasteiger partial charge on any atom is -0.406 e. The molecule has 1 atom stereocenters. The molecule has 0 spiro atoms. The third kappa shape index (κ3) is 5.52. The highest BCUT2D eigenvalue weighted by Gasteiger charge is 2.32. The standard InChI is InChI=1S/C24H22F3N5O4S/c1-37(33,34)19-7-4-17(28-12-19)13-31-9-8-20-22(31)29-15-30-23(20)32-10-11-35-14-21(32)16-2-5-18(6-3-16)36-24(25,26)27/h2-9,12,15,21H,10-11,13-14H2,1H3/t21-/m1/s1. The first kappa shape index (κ1) is 25.0. The molecule has 1 saturated heterocycles. The van der Waals surface area contributed by atoms with Gasteiger partial charge in [-0.05, 0) is 35.9 Å². The number of morpholine rings is 1. The Kier molecular flexibility index (Phi) is 6.50. The molecule has 194 valence electrons. The van der Waals surface area contributed by atoms with Crippen molar-refractivity contribution in [2.75, 3.05) is 30.9 Å². The maximum absolute atomic E-state index is 12.5. The summed E-state index contributed by atoms with van der Waals surface area (Å²) in [6, 6.07) is 10.5. The highest BCUT2D eigenvalue weighted by molar-refractivity contribution is 7.90. The van der Waals surface area contributed by atoms with E-state index in [2.05, 4.69) is 24.6 Å². The fraction of sp³-hybridized carbons (Fsp3) is 0.292. The molecule has 5 rings (SSSR count). The molecule has 1 aliphatic rings. The average Bonchev–Trinajstić information content (AvgIpc) is 3.26. The van der Waals surface area contributed by atoms with E-state index < -0.39 is 16.2 Å². The number of rotatable bonds is 6. The number of aromatic nitrogens is 4. The van der Waals surface area contributed by atoms with Gasteiger partial charge in [0.1, 0.15) is 23.5 Å². The fourth-order valence-corrected chi connectivity index (χ4v) is 4.83. The van der Waals surface area contributed by atoms with Crippen molar-refractivity contribution in [3.05, 3.63) is 72.4 Å². The van der Waals surface area contributed by atoms with Gasteiger partial charge >= 0.3 is 6.36 Å². The molecule has 9 nitrogen and oxygen atoms in total. The van der Waals surface area contributed by atoms with Crippen LogP contribution in [-0.4, -0.2) is 60.3 Å². The molecule has 1 aliphatic heterocycles. The smallest absolute Gasteiger partial charge is 0.406 e. The van der Waals surface area contributed by atoms with Crippen molar-refractivity contribution in [3.63, 3.8) is 0 Å². The lowest BCUT2D eigenvalue weighted by atomic mass is 10.0. The van der Waals surface area contributed by atoms with Crippen LogP contribution in [0.1, 0.15) is 17.3 Å². The molecule has 13 heteroatoms. The van der Waals surface area contributed by atoms with Gasteiger partial charge in [-0.15, -0.1) is 13.2 Å². The summed E-state index contributed by atoms with van der Waals surface area (Å²) in [6.45, 7) is 1.70. The van der Waals surface area contributed by atoms with Crippen LogP contribution in [0.25, 0.3) is 11.0 Å². The van der Waals surface area contributed by atoms with Crippen molar-refractivity contribution < 1.29 is 31.1 Å². The molecule has 0 amide bonds. The molecule has 0 bridgehead atoms. The van der Waals surface area contributed by atoms with Crippen LogP contribution in [0.3, 0.4) is 0 Å². The van der Waals surface area contributed by atoms with Gasteiger partial charge in [-0.25, -0.2) is 18.4 Å². The van der Waals surface area contributed by atoms with E-state index in [1.54, 1.807) is 18.2 Å². The Bertz CT molecular complexity index is 1510. The van der Waals surface area contributed by atoms with Gasteiger partial charge in [-0.3, -0.25) is 4.98 Å². The first-order valence-corrected chi connectivity index (χ1v) is 13.1. The maximum Gasteiger partial charge on any atom is 0.573 e. The van der Waals surface area contributed by atoms with E-state index in [-0.39, 0.29) is 16.7 Å². The van der Waals surface area contributed by atoms with Crippen molar-refractivity contribution in [3.8, 4) is 5.75 Å². The Labute approximate surface area is 210 Å². The molecule has 4 heterocycles. The quantitative estimate of drug-likeness (QED) is 0.370. The summed E-state index contributed by atoms with van der Waals surface area (Å²) in [5.41, 5.74) is 2.09. The SMILES string of the molecule is CS(=O)(=O)c1ccc(Cn2ccc3c(N4CCOC[C@@H]4c4ccc(OC(F)(F)F)cc4)ncnc32)nc1. The third-order valence-corrected chi connectivity index (χ3v) is 7.09. The van der Waals surface area contributed by atoms with Gasteiger partial charge in [0.2, 0.25) is 0 Å². The second kappa shape index (κ2) is 9.63. The molecule has 0 unspecified atom stereocenters. The van der Waals surface area contributed by atoms with E-state index in [4.69, 9.17) is 4.74 Å². The van der Waals surface area contributed by atoms with E-state index in [0.29, 0.717) is 43.5 Å². The number of halogens is 3. The van der Waals surface area contributed by atoms with Crippen LogP contribution in [0.15, 0.2) is 66.1 Å². The molecule has 0 radical (unpaired) electrons. The van der Waals surface area contributed by atoms with Crippen LogP contribution < -0.4 is 9.64 Å². The number of ether oxygens (including phenoxy) is 2. The van der Waals surface area contributed by atoms with Gasteiger partial charge < -0.3 is 18.9 Å². The molecule has 1 aromatic carbocycles. The van der Waals surface area contributed by atoms with Gasteiger partial charge in [0.05, 0.1) is 41.8 Å². The number of pyridine rings is 1. The van der Waals surface area contributed by atoms with E-state index >= 15 is 0 Å². The molecule has 4 aromatic rings. The number of fused-ring (bicyclic) bond motifs is 1. The summed E-state index contributed by atoms with van der Waals surface area (Å²) < 4.78 is 72.6. The Morgan fingerprint density at radius 1 is 1.08 bits per heavy atom. The zero-order valence-corrected chi connectivity index (χ0v) is 20.4. The van der Waals surface area contributed by atoms with E-state index in [0.717, 1.165) is 17.2 Å². The van der Waals surface area contributed by atoms with Gasteiger partial charge in [-0.2, -0.15) is 0 Å². The first-order chi connectivity index (χ1) is 17.6. The van der Waals surface area contributed by atoms with E-state index in [9.17, 15) is 21.6 Å². The summed E-state index contributed by atoms with van der Waals surface area (Å²) in [7, 11) is -3.34. The topological polar surface area (TPSA) is 99.4 Å². The number of sulfone groups is 1. The predicted molar refractivity (Wildman–Crippen MR) is 128 cm³/mol. The van der Waals surface area contributed by atoms with Crippen LogP contribution in [0.2, 0.25) is 0 Å². The van der Waals surface area contributed by atoms with Crippen LogP contribution in [0, 0.1) is 0 Å². The Balaban J connectivity index is 1.42. The number of benzene rings is 1. The van der Waals surface area contributed by atoms with Crippen molar-refractivity contribution in [2.24, 2.45) is 0 Å². The Morgan fingerprint density at radius 2 is 1.86 bits per heavy atom. The third-order valence-electron chi connectivity index (χ3n) is 5.99. The summed E-state index contributed by atoms with van der Waals surface area (Å²) >= 11 is 0. The number of hydrogen-bond donors (Lipinski definition) is 0. The van der Waals surface area contributed by atoms with Crippen molar-refractivity contribution in [1.29, 1.82) is 0 Å². The van der Waals surface area contributed by atoms with Crippen LogP contribution in [0.4, 0.5) is 19.0 Å². The second-order valence-corrected chi connectivity index (χ2v) is 10.6. The van der Waals surface area contributed by atoms with Crippen molar-refractivity contribution in [2.45, 2.75) is 23.8 Å². The molecule has 3 aromatic heterocycles. The lowest BCUT2D eigenvalue weighted by Crippen LogP contribution is -2.40. The van der Waals surface area contributed by atoms with E-state index in [1.165, 1.54) is 30.7 Å². The van der Waals surface area contributed by atoms with Crippen molar-refractivity contribution in [1.82, 2.24) is 19.5 Å². The largest absolute Gasteiger partial charge is 0.573 e. The molecule has 37 heavy (non-hydrogen) atoms. The summed E-state index contributed by atoms with van der Waals surface area (Å²) in [4.78, 5) is 15.4. The Hall–Kier alpha value is -3.71.